The summed E-state index contributed by atoms with van der Waals surface area (Å²) in [4.78, 5) is 29.0. The number of thiocarbonyl (C=S) groups is 1. The topological polar surface area (TPSA) is 95.6 Å². The molecule has 11 heteroatoms. The van der Waals surface area contributed by atoms with E-state index in [1.807, 2.05) is 22.3 Å². The Morgan fingerprint density at radius 1 is 1.19 bits per heavy atom. The second kappa shape index (κ2) is 8.31. The second-order valence-electron chi connectivity index (χ2n) is 5.25. The van der Waals surface area contributed by atoms with Gasteiger partial charge in [-0.05, 0) is 29.7 Å². The van der Waals surface area contributed by atoms with E-state index in [-0.39, 0.29) is 21.7 Å². The van der Waals surface area contributed by atoms with E-state index in [0.717, 1.165) is 21.5 Å². The van der Waals surface area contributed by atoms with Crippen molar-refractivity contribution in [1.82, 2.24) is 15.2 Å². The first-order valence-electron chi connectivity index (χ1n) is 7.51. The van der Waals surface area contributed by atoms with Crippen molar-refractivity contribution in [3.63, 3.8) is 0 Å². The van der Waals surface area contributed by atoms with Gasteiger partial charge in [-0.25, -0.2) is 8.42 Å². The summed E-state index contributed by atoms with van der Waals surface area (Å²) in [6, 6.07) is 11.3. The number of carbonyl (C=O) groups excluding carboxylic acids is 2. The van der Waals surface area contributed by atoms with Crippen molar-refractivity contribution in [2.45, 2.75) is 4.90 Å². The largest absolute Gasteiger partial charge is 0.283 e. The minimum absolute atomic E-state index is 0.00907. The van der Waals surface area contributed by atoms with Gasteiger partial charge in [-0.2, -0.15) is 0 Å². The predicted molar refractivity (Wildman–Crippen MR) is 109 cm³/mol. The molecule has 2 aromatic rings. The lowest BCUT2D eigenvalue weighted by atomic mass is 10.3. The van der Waals surface area contributed by atoms with Crippen molar-refractivity contribution in [2.24, 2.45) is 0 Å². The predicted octanol–water partition coefficient (Wildman–Crippen LogP) is 1.96. The Hall–Kier alpha value is -2.05. The van der Waals surface area contributed by atoms with Crippen LogP contribution in [0.1, 0.15) is 4.88 Å². The molecule has 27 heavy (non-hydrogen) atoms. The molecule has 140 valence electrons. The van der Waals surface area contributed by atoms with Crippen LogP contribution in [0.2, 0.25) is 0 Å². The van der Waals surface area contributed by atoms with Crippen LogP contribution in [-0.2, 0) is 19.6 Å². The summed E-state index contributed by atoms with van der Waals surface area (Å²) in [5.74, 6) is -1.09. The third-order valence-electron chi connectivity index (χ3n) is 3.37. The Kier molecular flexibility index (Phi) is 6.07. The summed E-state index contributed by atoms with van der Waals surface area (Å²) in [5.41, 5.74) is 2.09. The standard InChI is InChI=1S/C16H13N3O4S4/c20-14(17-18-27(22,23)12-6-2-1-3-7-12)10-19-15(21)13(26-16(19)24)9-11-5-4-8-25-11/h1-9,18H,10H2,(H,17,20)/b13-9+. The summed E-state index contributed by atoms with van der Waals surface area (Å²) in [7, 11) is -3.89. The van der Waals surface area contributed by atoms with E-state index in [9.17, 15) is 18.0 Å². The van der Waals surface area contributed by atoms with E-state index in [1.165, 1.54) is 23.5 Å². The second-order valence-corrected chi connectivity index (χ2v) is 9.59. The number of benzene rings is 1. The Balaban J connectivity index is 1.61. The van der Waals surface area contributed by atoms with Gasteiger partial charge in [-0.1, -0.05) is 48.2 Å². The van der Waals surface area contributed by atoms with Gasteiger partial charge in [-0.15, -0.1) is 16.2 Å². The number of amides is 2. The van der Waals surface area contributed by atoms with Crippen LogP contribution in [0.4, 0.5) is 0 Å². The molecule has 3 rings (SSSR count). The van der Waals surface area contributed by atoms with E-state index in [1.54, 1.807) is 24.3 Å². The quantitative estimate of drug-likeness (QED) is 0.406. The van der Waals surface area contributed by atoms with Crippen LogP contribution in [0.5, 0.6) is 0 Å². The van der Waals surface area contributed by atoms with Gasteiger partial charge in [0.1, 0.15) is 10.9 Å². The van der Waals surface area contributed by atoms with Crippen molar-refractivity contribution in [3.8, 4) is 0 Å². The van der Waals surface area contributed by atoms with Crippen LogP contribution in [0, 0.1) is 0 Å². The van der Waals surface area contributed by atoms with Crippen LogP contribution < -0.4 is 10.3 Å². The van der Waals surface area contributed by atoms with Crippen LogP contribution >= 0.6 is 35.3 Å². The Morgan fingerprint density at radius 2 is 1.93 bits per heavy atom. The molecular weight excluding hydrogens is 426 g/mol. The highest BCUT2D eigenvalue weighted by Crippen LogP contribution is 2.32. The summed E-state index contributed by atoms with van der Waals surface area (Å²) in [6.45, 7) is -0.385. The van der Waals surface area contributed by atoms with Crippen molar-refractivity contribution in [2.75, 3.05) is 6.54 Å². The average Bonchev–Trinajstić information content (AvgIpc) is 3.25. The van der Waals surface area contributed by atoms with E-state index in [0.29, 0.717) is 4.91 Å². The molecule has 1 saturated heterocycles. The molecule has 1 aromatic heterocycles. The van der Waals surface area contributed by atoms with Gasteiger partial charge in [0.15, 0.2) is 0 Å². The van der Waals surface area contributed by atoms with E-state index in [2.05, 4.69) is 5.43 Å². The summed E-state index contributed by atoms with van der Waals surface area (Å²) < 4.78 is 24.4. The van der Waals surface area contributed by atoms with Crippen molar-refractivity contribution in [3.05, 3.63) is 57.6 Å². The third kappa shape index (κ3) is 4.82. The van der Waals surface area contributed by atoms with Gasteiger partial charge in [0, 0.05) is 4.88 Å². The van der Waals surface area contributed by atoms with Gasteiger partial charge in [0.25, 0.3) is 21.8 Å². The summed E-state index contributed by atoms with van der Waals surface area (Å²) in [5, 5.41) is 1.89. The smallest absolute Gasteiger partial charge is 0.266 e. The number of hydrogen-bond donors (Lipinski definition) is 2. The fourth-order valence-corrected chi connectivity index (χ4v) is 4.96. The monoisotopic (exact) mass is 439 g/mol. The lowest BCUT2D eigenvalue weighted by Gasteiger charge is -2.14. The number of nitrogens with zero attached hydrogens (tertiary/aromatic N) is 1. The first-order valence-corrected chi connectivity index (χ1v) is 11.1. The van der Waals surface area contributed by atoms with Gasteiger partial charge in [0.2, 0.25) is 0 Å². The zero-order valence-electron chi connectivity index (χ0n) is 13.6. The maximum absolute atomic E-state index is 12.4. The number of hydrogen-bond acceptors (Lipinski definition) is 7. The number of sulfonamides is 1. The van der Waals surface area contributed by atoms with E-state index in [4.69, 9.17) is 12.2 Å². The molecule has 0 unspecified atom stereocenters. The average molecular weight is 440 g/mol. The molecule has 0 saturated carbocycles. The van der Waals surface area contributed by atoms with Gasteiger partial charge >= 0.3 is 0 Å². The SMILES string of the molecule is O=C(CN1C(=O)/C(=C\c2cccs2)SC1=S)NNS(=O)(=O)c1ccccc1. The normalized spacial score (nSPS) is 16.1. The molecule has 1 aliphatic heterocycles. The molecule has 2 amide bonds. The first-order chi connectivity index (χ1) is 12.9. The number of rotatable bonds is 6. The van der Waals surface area contributed by atoms with Crippen molar-refractivity contribution < 1.29 is 18.0 Å². The highest BCUT2D eigenvalue weighted by molar-refractivity contribution is 8.26. The molecule has 1 aliphatic rings. The number of thiophene rings is 1. The molecule has 0 bridgehead atoms. The van der Waals surface area contributed by atoms with Gasteiger partial charge < -0.3 is 0 Å². The maximum Gasteiger partial charge on any atom is 0.266 e. The van der Waals surface area contributed by atoms with Crippen molar-refractivity contribution in [1.29, 1.82) is 0 Å². The van der Waals surface area contributed by atoms with Crippen LogP contribution in [0.15, 0.2) is 57.6 Å². The summed E-state index contributed by atoms with van der Waals surface area (Å²) in [6.07, 6.45) is 1.71. The zero-order chi connectivity index (χ0) is 19.4. The highest BCUT2D eigenvalue weighted by Gasteiger charge is 2.33. The molecular formula is C16H13N3O4S4. The molecule has 1 fully saturated rings. The van der Waals surface area contributed by atoms with Crippen LogP contribution in [-0.4, -0.2) is 36.0 Å². The summed E-state index contributed by atoms with van der Waals surface area (Å²) >= 11 is 7.73. The van der Waals surface area contributed by atoms with Crippen molar-refractivity contribution >= 4 is 67.6 Å². The first kappa shape index (κ1) is 19.7. The molecule has 2 heterocycles. The number of nitrogens with one attached hydrogen (secondary N) is 2. The number of carbonyl (C=O) groups is 2. The lowest BCUT2D eigenvalue weighted by Crippen LogP contribution is -2.47. The number of thioether (sulfide) groups is 1. The maximum atomic E-state index is 12.4. The highest BCUT2D eigenvalue weighted by atomic mass is 32.2. The molecule has 1 aromatic carbocycles. The fraction of sp³-hybridized carbons (Fsp3) is 0.0625. The Labute approximate surface area is 169 Å². The molecule has 0 radical (unpaired) electrons. The molecule has 7 nitrogen and oxygen atoms in total. The molecule has 0 aliphatic carbocycles. The van der Waals surface area contributed by atoms with Crippen LogP contribution in [0.3, 0.4) is 0 Å². The Bertz CT molecular complexity index is 1000. The molecule has 2 N–H and O–H groups in total. The van der Waals surface area contributed by atoms with Crippen LogP contribution in [0.25, 0.3) is 6.08 Å². The fourth-order valence-electron chi connectivity index (χ4n) is 2.10. The lowest BCUT2D eigenvalue weighted by molar-refractivity contribution is -0.128. The minimum Gasteiger partial charge on any atom is -0.283 e. The molecule has 0 spiro atoms. The minimum atomic E-state index is -3.89. The molecule has 0 atom stereocenters. The Morgan fingerprint density at radius 3 is 2.59 bits per heavy atom. The number of hydrazine groups is 1. The zero-order valence-corrected chi connectivity index (χ0v) is 16.9. The van der Waals surface area contributed by atoms with E-state index < -0.39 is 15.9 Å². The third-order valence-corrected chi connectivity index (χ3v) is 6.83. The van der Waals surface area contributed by atoms with Gasteiger partial charge in [0.05, 0.1) is 9.80 Å². The van der Waals surface area contributed by atoms with Gasteiger partial charge in [-0.3, -0.25) is 19.9 Å². The van der Waals surface area contributed by atoms with E-state index >= 15 is 0 Å².